The summed E-state index contributed by atoms with van der Waals surface area (Å²) in [4.78, 5) is 18.7. The Kier molecular flexibility index (Phi) is 3.43. The van der Waals surface area contributed by atoms with Crippen LogP contribution in [0.15, 0.2) is 30.5 Å². The van der Waals surface area contributed by atoms with Crippen LogP contribution in [0.5, 0.6) is 11.6 Å². The number of rotatable bonds is 3. The maximum absolute atomic E-state index is 10.9. The molecule has 1 heterocycles. The van der Waals surface area contributed by atoms with E-state index in [-0.39, 0.29) is 5.28 Å². The van der Waals surface area contributed by atoms with Gasteiger partial charge in [-0.2, -0.15) is 4.98 Å². The fraction of sp³-hybridized carbons (Fsp3) is 0.0833. The van der Waals surface area contributed by atoms with E-state index in [0.717, 1.165) is 5.56 Å². The lowest BCUT2D eigenvalue weighted by molar-refractivity contribution is 0.100. The second kappa shape index (κ2) is 5.01. The second-order valence-electron chi connectivity index (χ2n) is 3.62. The maximum Gasteiger partial charge on any atom is 0.248 e. The maximum atomic E-state index is 10.9. The Morgan fingerprint density at radius 1 is 1.33 bits per heavy atom. The number of ether oxygens (including phenoxy) is 1. The summed E-state index contributed by atoms with van der Waals surface area (Å²) in [6.45, 7) is 1.81. The van der Waals surface area contributed by atoms with Gasteiger partial charge in [-0.15, -0.1) is 0 Å². The molecule has 1 amide bonds. The number of carbonyl (C=O) groups excluding carboxylic acids is 1. The molecule has 0 bridgehead atoms. The van der Waals surface area contributed by atoms with Crippen molar-refractivity contribution in [2.45, 2.75) is 6.92 Å². The molecule has 0 spiro atoms. The number of hydrogen-bond acceptors (Lipinski definition) is 4. The van der Waals surface area contributed by atoms with Gasteiger partial charge in [-0.1, -0.05) is 0 Å². The largest absolute Gasteiger partial charge is 0.439 e. The highest BCUT2D eigenvalue weighted by Crippen LogP contribution is 2.23. The van der Waals surface area contributed by atoms with Crippen molar-refractivity contribution in [3.05, 3.63) is 46.9 Å². The van der Waals surface area contributed by atoms with Crippen LogP contribution in [0.2, 0.25) is 5.28 Å². The van der Waals surface area contributed by atoms with Crippen molar-refractivity contribution in [1.82, 2.24) is 9.97 Å². The first kappa shape index (κ1) is 12.3. The summed E-state index contributed by atoms with van der Waals surface area (Å²) in [5.74, 6) is 0.433. The van der Waals surface area contributed by atoms with Crippen molar-refractivity contribution in [1.29, 1.82) is 0 Å². The predicted octanol–water partition coefficient (Wildman–Crippen LogP) is 2.33. The molecule has 0 fully saturated rings. The van der Waals surface area contributed by atoms with E-state index in [9.17, 15) is 4.79 Å². The highest BCUT2D eigenvalue weighted by Gasteiger charge is 2.06. The molecule has 0 aliphatic rings. The fourth-order valence-electron chi connectivity index (χ4n) is 1.31. The summed E-state index contributed by atoms with van der Waals surface area (Å²) in [6, 6.07) is 6.43. The Morgan fingerprint density at radius 3 is 2.61 bits per heavy atom. The molecule has 0 saturated carbocycles. The van der Waals surface area contributed by atoms with E-state index in [4.69, 9.17) is 22.1 Å². The lowest BCUT2D eigenvalue weighted by atomic mass is 10.2. The van der Waals surface area contributed by atoms with Gasteiger partial charge in [-0.3, -0.25) is 4.79 Å². The highest BCUT2D eigenvalue weighted by atomic mass is 35.5. The highest BCUT2D eigenvalue weighted by molar-refractivity contribution is 6.28. The van der Waals surface area contributed by atoms with Gasteiger partial charge in [-0.05, 0) is 42.8 Å². The summed E-state index contributed by atoms with van der Waals surface area (Å²) in [5, 5.41) is 0.115. The first-order valence-electron chi connectivity index (χ1n) is 5.13. The van der Waals surface area contributed by atoms with Crippen LogP contribution in [-0.4, -0.2) is 15.9 Å². The molecule has 0 aliphatic carbocycles. The summed E-state index contributed by atoms with van der Waals surface area (Å²) < 4.78 is 5.54. The van der Waals surface area contributed by atoms with Crippen molar-refractivity contribution in [2.24, 2.45) is 5.73 Å². The molecular weight excluding hydrogens is 254 g/mol. The van der Waals surface area contributed by atoms with Crippen LogP contribution < -0.4 is 10.5 Å². The van der Waals surface area contributed by atoms with Crippen molar-refractivity contribution in [3.63, 3.8) is 0 Å². The summed E-state index contributed by atoms with van der Waals surface area (Å²) in [5.41, 5.74) is 6.32. The van der Waals surface area contributed by atoms with E-state index in [1.807, 2.05) is 6.92 Å². The smallest absolute Gasteiger partial charge is 0.248 e. The Labute approximate surface area is 109 Å². The first-order chi connectivity index (χ1) is 8.56. The summed E-state index contributed by atoms with van der Waals surface area (Å²) >= 11 is 5.69. The van der Waals surface area contributed by atoms with Crippen molar-refractivity contribution >= 4 is 17.5 Å². The fourth-order valence-corrected chi connectivity index (χ4v) is 1.43. The second-order valence-corrected chi connectivity index (χ2v) is 3.96. The molecule has 5 nitrogen and oxygen atoms in total. The minimum atomic E-state index is -0.484. The monoisotopic (exact) mass is 263 g/mol. The molecule has 0 unspecified atom stereocenters. The third-order valence-corrected chi connectivity index (χ3v) is 2.43. The summed E-state index contributed by atoms with van der Waals surface area (Å²) in [7, 11) is 0. The number of carbonyl (C=O) groups is 1. The molecule has 0 saturated heterocycles. The van der Waals surface area contributed by atoms with Crippen LogP contribution in [0.1, 0.15) is 15.9 Å². The third-order valence-electron chi connectivity index (χ3n) is 2.25. The molecule has 0 aliphatic heterocycles. The van der Waals surface area contributed by atoms with Crippen LogP contribution in [-0.2, 0) is 0 Å². The van der Waals surface area contributed by atoms with E-state index >= 15 is 0 Å². The van der Waals surface area contributed by atoms with Crippen molar-refractivity contribution in [3.8, 4) is 11.6 Å². The van der Waals surface area contributed by atoms with E-state index in [2.05, 4.69) is 9.97 Å². The molecule has 1 aromatic heterocycles. The van der Waals surface area contributed by atoms with Gasteiger partial charge in [0.1, 0.15) is 5.75 Å². The number of aromatic nitrogens is 2. The zero-order valence-electron chi connectivity index (χ0n) is 9.55. The van der Waals surface area contributed by atoms with Crippen LogP contribution in [0, 0.1) is 6.92 Å². The number of halogens is 1. The Balaban J connectivity index is 2.23. The molecule has 18 heavy (non-hydrogen) atoms. The topological polar surface area (TPSA) is 78.1 Å². The number of nitrogens with two attached hydrogens (primary N) is 1. The van der Waals surface area contributed by atoms with E-state index in [1.165, 1.54) is 0 Å². The molecule has 0 atom stereocenters. The number of primary amides is 1. The van der Waals surface area contributed by atoms with Crippen LogP contribution in [0.25, 0.3) is 0 Å². The number of benzene rings is 1. The van der Waals surface area contributed by atoms with Gasteiger partial charge < -0.3 is 10.5 Å². The Morgan fingerprint density at radius 2 is 2.00 bits per heavy atom. The molecule has 6 heteroatoms. The average Bonchev–Trinajstić information content (AvgIpc) is 2.34. The first-order valence-corrected chi connectivity index (χ1v) is 5.51. The average molecular weight is 264 g/mol. The van der Waals surface area contributed by atoms with Gasteiger partial charge in [0.2, 0.25) is 17.1 Å². The zero-order valence-corrected chi connectivity index (χ0v) is 10.3. The standard InChI is InChI=1S/C12H10ClN3O2/c1-7-6-15-12(13)16-11(7)18-9-4-2-8(3-5-9)10(14)17/h2-6H,1H3,(H2,14,17). The number of hydrogen-bond donors (Lipinski definition) is 1. The molecule has 2 rings (SSSR count). The lowest BCUT2D eigenvalue weighted by Gasteiger charge is -2.07. The van der Waals surface area contributed by atoms with Crippen molar-refractivity contribution in [2.75, 3.05) is 0 Å². The summed E-state index contributed by atoms with van der Waals surface area (Å²) in [6.07, 6.45) is 1.57. The quantitative estimate of drug-likeness (QED) is 0.862. The van der Waals surface area contributed by atoms with Crippen LogP contribution in [0.3, 0.4) is 0 Å². The molecule has 92 valence electrons. The van der Waals surface area contributed by atoms with Gasteiger partial charge >= 0.3 is 0 Å². The van der Waals surface area contributed by atoms with E-state index in [1.54, 1.807) is 30.5 Å². The van der Waals surface area contributed by atoms with Gasteiger partial charge in [0.15, 0.2) is 0 Å². The Bertz CT molecular complexity index is 584. The Hall–Kier alpha value is -2.14. The molecular formula is C12H10ClN3O2. The van der Waals surface area contributed by atoms with Gasteiger partial charge in [0.25, 0.3) is 0 Å². The molecule has 2 N–H and O–H groups in total. The van der Waals surface area contributed by atoms with Gasteiger partial charge in [0.05, 0.1) is 0 Å². The van der Waals surface area contributed by atoms with E-state index in [0.29, 0.717) is 17.2 Å². The van der Waals surface area contributed by atoms with Gasteiger partial charge in [0, 0.05) is 17.3 Å². The molecule has 0 radical (unpaired) electrons. The zero-order chi connectivity index (χ0) is 13.1. The van der Waals surface area contributed by atoms with Gasteiger partial charge in [-0.25, -0.2) is 4.98 Å². The van der Waals surface area contributed by atoms with Crippen LogP contribution >= 0.6 is 11.6 Å². The number of aryl methyl sites for hydroxylation is 1. The normalized spacial score (nSPS) is 10.1. The predicted molar refractivity (Wildman–Crippen MR) is 66.8 cm³/mol. The lowest BCUT2D eigenvalue weighted by Crippen LogP contribution is -2.10. The SMILES string of the molecule is Cc1cnc(Cl)nc1Oc1ccc(C(N)=O)cc1. The number of nitrogens with zero attached hydrogens (tertiary/aromatic N) is 2. The molecule has 1 aromatic carbocycles. The number of amides is 1. The van der Waals surface area contributed by atoms with Crippen LogP contribution in [0.4, 0.5) is 0 Å². The molecule has 2 aromatic rings. The van der Waals surface area contributed by atoms with E-state index < -0.39 is 5.91 Å². The van der Waals surface area contributed by atoms with Crippen molar-refractivity contribution < 1.29 is 9.53 Å². The minimum Gasteiger partial charge on any atom is -0.439 e. The minimum absolute atomic E-state index is 0.115. The third kappa shape index (κ3) is 2.75.